The molecule has 0 N–H and O–H groups in total. The molecule has 1 aliphatic rings. The van der Waals surface area contributed by atoms with E-state index < -0.39 is 0 Å². The third kappa shape index (κ3) is 4.55. The van der Waals surface area contributed by atoms with Gasteiger partial charge < -0.3 is 9.47 Å². The van der Waals surface area contributed by atoms with Crippen LogP contribution in [0, 0.1) is 6.92 Å². The molecule has 4 nitrogen and oxygen atoms in total. The zero-order valence-corrected chi connectivity index (χ0v) is 13.9. The van der Waals surface area contributed by atoms with Crippen molar-refractivity contribution in [1.82, 2.24) is 4.90 Å². The van der Waals surface area contributed by atoms with Crippen LogP contribution in [0.5, 0.6) is 0 Å². The summed E-state index contributed by atoms with van der Waals surface area (Å²) in [6.07, 6.45) is 2.56. The van der Waals surface area contributed by atoms with Crippen molar-refractivity contribution in [3.8, 4) is 0 Å². The lowest BCUT2D eigenvalue weighted by Crippen LogP contribution is -2.45. The average molecular weight is 305 g/mol. The lowest BCUT2D eigenvalue weighted by atomic mass is 10.0. The second-order valence-electron chi connectivity index (χ2n) is 6.06. The van der Waals surface area contributed by atoms with Gasteiger partial charge in [-0.3, -0.25) is 9.69 Å². The van der Waals surface area contributed by atoms with Crippen molar-refractivity contribution in [2.45, 2.75) is 45.3 Å². The maximum atomic E-state index is 11.1. The van der Waals surface area contributed by atoms with Gasteiger partial charge in [-0.1, -0.05) is 24.3 Å². The van der Waals surface area contributed by atoms with Gasteiger partial charge in [-0.2, -0.15) is 0 Å². The number of hydrogen-bond acceptors (Lipinski definition) is 4. The fourth-order valence-electron chi connectivity index (χ4n) is 2.94. The molecule has 0 aliphatic carbocycles. The Balaban J connectivity index is 1.86. The van der Waals surface area contributed by atoms with Crippen LogP contribution in [0.3, 0.4) is 0 Å². The zero-order chi connectivity index (χ0) is 15.9. The van der Waals surface area contributed by atoms with E-state index in [9.17, 15) is 4.79 Å². The van der Waals surface area contributed by atoms with Gasteiger partial charge in [0.05, 0.1) is 19.8 Å². The summed E-state index contributed by atoms with van der Waals surface area (Å²) in [5.74, 6) is -0.118. The highest BCUT2D eigenvalue weighted by Gasteiger charge is 2.27. The Kier molecular flexibility index (Phi) is 6.40. The molecule has 0 radical (unpaired) electrons. The number of rotatable bonds is 6. The molecular weight excluding hydrogens is 278 g/mol. The number of hydrogen-bond donors (Lipinski definition) is 0. The smallest absolute Gasteiger partial charge is 0.305 e. The maximum absolute atomic E-state index is 11.1. The predicted molar refractivity (Wildman–Crippen MR) is 86.8 cm³/mol. The molecule has 1 heterocycles. The number of methoxy groups -OCH3 is 1. The van der Waals surface area contributed by atoms with Crippen LogP contribution in [0.15, 0.2) is 24.3 Å². The number of ether oxygens (including phenoxy) is 2. The van der Waals surface area contributed by atoms with Gasteiger partial charge in [-0.15, -0.1) is 0 Å². The van der Waals surface area contributed by atoms with Crippen molar-refractivity contribution in [3.05, 3.63) is 35.4 Å². The van der Waals surface area contributed by atoms with E-state index in [1.807, 2.05) is 0 Å². The number of esters is 1. The van der Waals surface area contributed by atoms with E-state index in [-0.39, 0.29) is 12.1 Å². The summed E-state index contributed by atoms with van der Waals surface area (Å²) in [5.41, 5.74) is 2.57. The van der Waals surface area contributed by atoms with Crippen LogP contribution in [0.2, 0.25) is 0 Å². The van der Waals surface area contributed by atoms with Crippen LogP contribution in [0.4, 0.5) is 0 Å². The summed E-state index contributed by atoms with van der Waals surface area (Å²) < 4.78 is 10.7. The van der Waals surface area contributed by atoms with Crippen LogP contribution < -0.4 is 0 Å². The average Bonchev–Trinajstić information content (AvgIpc) is 2.53. The number of morpholine rings is 1. The van der Waals surface area contributed by atoms with Gasteiger partial charge in [0.2, 0.25) is 0 Å². The molecule has 1 fully saturated rings. The van der Waals surface area contributed by atoms with Gasteiger partial charge in [-0.25, -0.2) is 0 Å². The number of carbonyl (C=O) groups excluding carboxylic acids is 1. The van der Waals surface area contributed by atoms with Crippen LogP contribution in [0.25, 0.3) is 0 Å². The quantitative estimate of drug-likeness (QED) is 0.598. The minimum absolute atomic E-state index is 0.118. The summed E-state index contributed by atoms with van der Waals surface area (Å²) in [4.78, 5) is 13.6. The van der Waals surface area contributed by atoms with E-state index >= 15 is 0 Å². The molecule has 1 saturated heterocycles. The van der Waals surface area contributed by atoms with E-state index in [1.165, 1.54) is 18.2 Å². The second-order valence-corrected chi connectivity index (χ2v) is 6.06. The Morgan fingerprint density at radius 2 is 2.14 bits per heavy atom. The monoisotopic (exact) mass is 305 g/mol. The second kappa shape index (κ2) is 8.30. The minimum atomic E-state index is -0.118. The fraction of sp³-hybridized carbons (Fsp3) is 0.611. The van der Waals surface area contributed by atoms with E-state index in [4.69, 9.17) is 4.74 Å². The number of benzene rings is 1. The molecule has 2 atom stereocenters. The normalized spacial score (nSPS) is 22.5. The highest BCUT2D eigenvalue weighted by atomic mass is 16.5. The topological polar surface area (TPSA) is 38.8 Å². The standard InChI is InChI=1S/C18H27NO3/c1-14-8-4-5-9-16(14)17-12-19(15(2)13-22-17)11-7-6-10-18(20)21-3/h4-5,8-9,15,17H,6-7,10-13H2,1-3H3/t15-,17-/m1/s1. The SMILES string of the molecule is COC(=O)CCCCN1C[C@H](c2ccccc2C)OC[C@H]1C. The highest BCUT2D eigenvalue weighted by Crippen LogP contribution is 2.27. The first kappa shape index (κ1) is 17.0. The molecule has 1 aromatic carbocycles. The molecule has 0 spiro atoms. The van der Waals surface area contributed by atoms with Crippen molar-refractivity contribution in [2.75, 3.05) is 26.8 Å². The number of nitrogens with zero attached hydrogens (tertiary/aromatic N) is 1. The highest BCUT2D eigenvalue weighted by molar-refractivity contribution is 5.68. The summed E-state index contributed by atoms with van der Waals surface area (Å²) in [6.45, 7) is 7.02. The summed E-state index contributed by atoms with van der Waals surface area (Å²) in [6, 6.07) is 8.86. The van der Waals surface area contributed by atoms with Crippen LogP contribution in [0.1, 0.15) is 43.4 Å². The molecule has 22 heavy (non-hydrogen) atoms. The first-order chi connectivity index (χ1) is 10.6. The van der Waals surface area contributed by atoms with E-state index in [1.54, 1.807) is 0 Å². The first-order valence-corrected chi connectivity index (χ1v) is 8.09. The summed E-state index contributed by atoms with van der Waals surface area (Å²) in [5, 5.41) is 0. The molecule has 1 aromatic rings. The van der Waals surface area contributed by atoms with Crippen molar-refractivity contribution in [3.63, 3.8) is 0 Å². The number of carbonyl (C=O) groups is 1. The largest absolute Gasteiger partial charge is 0.469 e. The Bertz CT molecular complexity index is 489. The number of aryl methyl sites for hydroxylation is 1. The third-order valence-electron chi connectivity index (χ3n) is 4.40. The molecule has 0 bridgehead atoms. The van der Waals surface area contributed by atoms with E-state index in [0.29, 0.717) is 12.5 Å². The van der Waals surface area contributed by atoms with Crippen molar-refractivity contribution in [2.24, 2.45) is 0 Å². The Morgan fingerprint density at radius 1 is 1.36 bits per heavy atom. The Labute approximate surface area is 133 Å². The predicted octanol–water partition coefficient (Wildman–Crippen LogP) is 3.10. The minimum Gasteiger partial charge on any atom is -0.469 e. The maximum Gasteiger partial charge on any atom is 0.305 e. The Hall–Kier alpha value is -1.39. The van der Waals surface area contributed by atoms with Crippen LogP contribution >= 0.6 is 0 Å². The molecule has 4 heteroatoms. The molecule has 0 amide bonds. The van der Waals surface area contributed by atoms with Crippen LogP contribution in [-0.2, 0) is 14.3 Å². The molecule has 0 saturated carbocycles. The lowest BCUT2D eigenvalue weighted by molar-refractivity contribution is -0.140. The molecule has 2 rings (SSSR count). The first-order valence-electron chi connectivity index (χ1n) is 8.09. The third-order valence-corrected chi connectivity index (χ3v) is 4.40. The summed E-state index contributed by atoms with van der Waals surface area (Å²) >= 11 is 0. The zero-order valence-electron chi connectivity index (χ0n) is 13.9. The fourth-order valence-corrected chi connectivity index (χ4v) is 2.94. The van der Waals surface area contributed by atoms with Gasteiger partial charge in [0.25, 0.3) is 0 Å². The molecule has 0 unspecified atom stereocenters. The Morgan fingerprint density at radius 3 is 2.86 bits per heavy atom. The van der Waals surface area contributed by atoms with E-state index in [0.717, 1.165) is 32.5 Å². The van der Waals surface area contributed by atoms with Crippen molar-refractivity contribution in [1.29, 1.82) is 0 Å². The van der Waals surface area contributed by atoms with Gasteiger partial charge >= 0.3 is 5.97 Å². The molecular formula is C18H27NO3. The molecule has 122 valence electrons. The van der Waals surface area contributed by atoms with Gasteiger partial charge in [0.1, 0.15) is 0 Å². The summed E-state index contributed by atoms with van der Waals surface area (Å²) in [7, 11) is 1.44. The van der Waals surface area contributed by atoms with Gasteiger partial charge in [0.15, 0.2) is 0 Å². The lowest BCUT2D eigenvalue weighted by Gasteiger charge is -2.38. The molecule has 0 aromatic heterocycles. The number of unbranched alkanes of at least 4 members (excludes halogenated alkanes) is 1. The van der Waals surface area contributed by atoms with Crippen molar-refractivity contribution < 1.29 is 14.3 Å². The van der Waals surface area contributed by atoms with E-state index in [2.05, 4.69) is 47.7 Å². The van der Waals surface area contributed by atoms with Crippen LogP contribution in [-0.4, -0.2) is 43.7 Å². The van der Waals surface area contributed by atoms with Gasteiger partial charge in [0, 0.05) is 19.0 Å². The van der Waals surface area contributed by atoms with Gasteiger partial charge in [-0.05, 0) is 44.4 Å². The van der Waals surface area contributed by atoms with Crippen molar-refractivity contribution >= 4 is 5.97 Å². The molecule has 1 aliphatic heterocycles.